The highest BCUT2D eigenvalue weighted by atomic mass is 16.6. The van der Waals surface area contributed by atoms with Crippen LogP contribution in [0.2, 0.25) is 0 Å². The van der Waals surface area contributed by atoms with E-state index in [1.165, 1.54) is 5.56 Å². The minimum Gasteiger partial charge on any atom is -0.297 e. The van der Waals surface area contributed by atoms with Crippen LogP contribution in [0.5, 0.6) is 0 Å². The molecule has 2 aromatic carbocycles. The van der Waals surface area contributed by atoms with E-state index in [2.05, 4.69) is 46.2 Å². The van der Waals surface area contributed by atoms with E-state index < -0.39 is 0 Å². The van der Waals surface area contributed by atoms with Gasteiger partial charge in [-0.15, -0.1) is 0 Å². The lowest BCUT2D eigenvalue weighted by Crippen LogP contribution is -2.45. The van der Waals surface area contributed by atoms with Gasteiger partial charge < -0.3 is 0 Å². The van der Waals surface area contributed by atoms with Crippen molar-refractivity contribution in [2.24, 2.45) is 0 Å². The number of piperazine rings is 1. The van der Waals surface area contributed by atoms with Gasteiger partial charge in [-0.25, -0.2) is 0 Å². The number of non-ortho nitro benzene ring substituents is 1. The molecule has 3 rings (SSSR count). The Hall–Kier alpha value is -2.50. The van der Waals surface area contributed by atoms with Crippen molar-refractivity contribution in [3.63, 3.8) is 0 Å². The SMILES string of the molecule is O=[N+]([O-])c1ccc(CN2CCN(CC=Cc3ccccc3)CC2)cc1. The van der Waals surface area contributed by atoms with Gasteiger partial charge in [0.05, 0.1) is 4.92 Å². The van der Waals surface area contributed by atoms with Gasteiger partial charge in [-0.05, 0) is 11.1 Å². The first-order valence-electron chi connectivity index (χ1n) is 8.60. The van der Waals surface area contributed by atoms with Crippen LogP contribution in [-0.4, -0.2) is 47.4 Å². The molecule has 5 nitrogen and oxygen atoms in total. The van der Waals surface area contributed by atoms with Crippen LogP contribution in [0.1, 0.15) is 11.1 Å². The fourth-order valence-corrected chi connectivity index (χ4v) is 3.01. The first-order chi connectivity index (χ1) is 12.2. The maximum absolute atomic E-state index is 10.7. The first kappa shape index (κ1) is 17.3. The van der Waals surface area contributed by atoms with Crippen molar-refractivity contribution in [2.75, 3.05) is 32.7 Å². The van der Waals surface area contributed by atoms with Gasteiger partial charge in [-0.3, -0.25) is 19.9 Å². The molecule has 2 aromatic rings. The summed E-state index contributed by atoms with van der Waals surface area (Å²) in [6.45, 7) is 5.97. The highest BCUT2D eigenvalue weighted by Crippen LogP contribution is 2.14. The van der Waals surface area contributed by atoms with E-state index in [1.807, 2.05) is 18.2 Å². The minimum atomic E-state index is -0.356. The van der Waals surface area contributed by atoms with Gasteiger partial charge in [-0.2, -0.15) is 0 Å². The maximum Gasteiger partial charge on any atom is 0.269 e. The topological polar surface area (TPSA) is 49.6 Å². The van der Waals surface area contributed by atoms with E-state index in [0.29, 0.717) is 0 Å². The predicted molar refractivity (Wildman–Crippen MR) is 100 cm³/mol. The van der Waals surface area contributed by atoms with Gasteiger partial charge in [0, 0.05) is 51.4 Å². The summed E-state index contributed by atoms with van der Waals surface area (Å²) in [7, 11) is 0. The summed E-state index contributed by atoms with van der Waals surface area (Å²) in [5.74, 6) is 0. The van der Waals surface area contributed by atoms with E-state index in [1.54, 1.807) is 12.1 Å². The second-order valence-electron chi connectivity index (χ2n) is 6.31. The second-order valence-corrected chi connectivity index (χ2v) is 6.31. The molecule has 0 amide bonds. The van der Waals surface area contributed by atoms with Crippen molar-refractivity contribution in [3.8, 4) is 0 Å². The highest BCUT2D eigenvalue weighted by Gasteiger charge is 2.16. The van der Waals surface area contributed by atoms with Crippen LogP contribution in [0.15, 0.2) is 60.7 Å². The summed E-state index contributed by atoms with van der Waals surface area (Å²) in [4.78, 5) is 15.2. The summed E-state index contributed by atoms with van der Waals surface area (Å²) in [5, 5.41) is 10.7. The smallest absolute Gasteiger partial charge is 0.269 e. The van der Waals surface area contributed by atoms with Crippen molar-refractivity contribution < 1.29 is 4.92 Å². The Morgan fingerprint density at radius 1 is 0.920 bits per heavy atom. The van der Waals surface area contributed by atoms with Crippen LogP contribution in [0, 0.1) is 10.1 Å². The van der Waals surface area contributed by atoms with Crippen molar-refractivity contribution in [3.05, 3.63) is 81.9 Å². The number of nitro groups is 1. The average molecular weight is 337 g/mol. The Morgan fingerprint density at radius 3 is 2.20 bits per heavy atom. The van der Waals surface area contributed by atoms with Crippen LogP contribution in [0.3, 0.4) is 0 Å². The molecule has 0 spiro atoms. The van der Waals surface area contributed by atoms with E-state index in [0.717, 1.165) is 44.8 Å². The molecule has 1 saturated heterocycles. The molecule has 25 heavy (non-hydrogen) atoms. The number of nitro benzene ring substituents is 1. The molecule has 0 aromatic heterocycles. The number of nitrogens with zero attached hydrogens (tertiary/aromatic N) is 3. The largest absolute Gasteiger partial charge is 0.297 e. The lowest BCUT2D eigenvalue weighted by molar-refractivity contribution is -0.384. The first-order valence-corrected chi connectivity index (χ1v) is 8.60. The van der Waals surface area contributed by atoms with E-state index in [-0.39, 0.29) is 10.6 Å². The van der Waals surface area contributed by atoms with Gasteiger partial charge in [0.15, 0.2) is 0 Å². The monoisotopic (exact) mass is 337 g/mol. The van der Waals surface area contributed by atoms with Crippen molar-refractivity contribution in [2.45, 2.75) is 6.54 Å². The van der Waals surface area contributed by atoms with Crippen molar-refractivity contribution in [1.82, 2.24) is 9.80 Å². The fraction of sp³-hybridized carbons (Fsp3) is 0.300. The van der Waals surface area contributed by atoms with Gasteiger partial charge in [0.2, 0.25) is 0 Å². The number of hydrogen-bond acceptors (Lipinski definition) is 4. The number of benzene rings is 2. The molecule has 0 N–H and O–H groups in total. The molecule has 0 aliphatic carbocycles. The molecule has 5 heteroatoms. The van der Waals surface area contributed by atoms with Crippen molar-refractivity contribution >= 4 is 11.8 Å². The molecule has 0 atom stereocenters. The average Bonchev–Trinajstić information content (AvgIpc) is 2.64. The highest BCUT2D eigenvalue weighted by molar-refractivity contribution is 5.48. The third kappa shape index (κ3) is 5.24. The zero-order valence-corrected chi connectivity index (χ0v) is 14.3. The van der Waals surface area contributed by atoms with Gasteiger partial charge >= 0.3 is 0 Å². The molecule has 0 radical (unpaired) electrons. The standard InChI is InChI=1S/C20H23N3O2/c24-23(25)20-10-8-19(9-11-20)17-22-15-13-21(14-16-22)12-4-7-18-5-2-1-3-6-18/h1-11H,12-17H2. The van der Waals surface area contributed by atoms with Crippen LogP contribution < -0.4 is 0 Å². The Labute approximate surface area is 148 Å². The zero-order valence-electron chi connectivity index (χ0n) is 14.3. The summed E-state index contributed by atoms with van der Waals surface area (Å²) in [6, 6.07) is 17.2. The van der Waals surface area contributed by atoms with Crippen molar-refractivity contribution in [1.29, 1.82) is 0 Å². The molecular weight excluding hydrogens is 314 g/mol. The summed E-state index contributed by atoms with van der Waals surface area (Å²) < 4.78 is 0. The molecule has 1 aliphatic heterocycles. The van der Waals surface area contributed by atoms with Gasteiger partial charge in [0.25, 0.3) is 5.69 Å². The van der Waals surface area contributed by atoms with Crippen LogP contribution in [0.25, 0.3) is 6.08 Å². The lowest BCUT2D eigenvalue weighted by Gasteiger charge is -2.34. The number of hydrogen-bond donors (Lipinski definition) is 0. The van der Waals surface area contributed by atoms with Gasteiger partial charge in [0.1, 0.15) is 0 Å². The second kappa shape index (κ2) is 8.55. The normalized spacial score (nSPS) is 16.3. The Balaban J connectivity index is 1.42. The molecule has 1 heterocycles. The van der Waals surface area contributed by atoms with Crippen LogP contribution >= 0.6 is 0 Å². The minimum absolute atomic E-state index is 0.152. The third-order valence-corrected chi connectivity index (χ3v) is 4.49. The van der Waals surface area contributed by atoms with Crippen LogP contribution in [-0.2, 0) is 6.54 Å². The molecular formula is C20H23N3O2. The number of rotatable bonds is 6. The third-order valence-electron chi connectivity index (χ3n) is 4.49. The van der Waals surface area contributed by atoms with E-state index >= 15 is 0 Å². The molecule has 130 valence electrons. The van der Waals surface area contributed by atoms with E-state index in [9.17, 15) is 10.1 Å². The lowest BCUT2D eigenvalue weighted by atomic mass is 10.2. The van der Waals surface area contributed by atoms with Gasteiger partial charge in [-0.1, -0.05) is 54.6 Å². The zero-order chi connectivity index (χ0) is 17.5. The van der Waals surface area contributed by atoms with E-state index in [4.69, 9.17) is 0 Å². The Kier molecular flexibility index (Phi) is 5.93. The maximum atomic E-state index is 10.7. The van der Waals surface area contributed by atoms with Crippen LogP contribution in [0.4, 0.5) is 5.69 Å². The predicted octanol–water partition coefficient (Wildman–Crippen LogP) is 3.43. The summed E-state index contributed by atoms with van der Waals surface area (Å²) >= 11 is 0. The molecule has 1 fully saturated rings. The molecule has 0 bridgehead atoms. The Bertz CT molecular complexity index is 705. The fourth-order valence-electron chi connectivity index (χ4n) is 3.01. The summed E-state index contributed by atoms with van der Waals surface area (Å²) in [6.07, 6.45) is 4.39. The summed E-state index contributed by atoms with van der Waals surface area (Å²) in [5.41, 5.74) is 2.51. The molecule has 0 unspecified atom stereocenters. The quantitative estimate of drug-likeness (QED) is 0.599. The molecule has 1 aliphatic rings. The molecule has 0 saturated carbocycles. The Morgan fingerprint density at radius 2 is 1.56 bits per heavy atom.